The Balaban J connectivity index is 1.99. The van der Waals surface area contributed by atoms with Gasteiger partial charge in [0.1, 0.15) is 5.75 Å². The molecule has 2 aromatic carbocycles. The van der Waals surface area contributed by atoms with E-state index in [0.29, 0.717) is 0 Å². The lowest BCUT2D eigenvalue weighted by atomic mass is 9.99. The van der Waals surface area contributed by atoms with E-state index in [1.54, 1.807) is 18.3 Å². The van der Waals surface area contributed by atoms with Gasteiger partial charge in [-0.05, 0) is 47.0 Å². The molecule has 1 N–H and O–H groups in total. The third-order valence-corrected chi connectivity index (χ3v) is 3.24. The lowest BCUT2D eigenvalue weighted by Gasteiger charge is -2.06. The summed E-state index contributed by atoms with van der Waals surface area (Å²) in [5.41, 5.74) is 4.09. The normalized spacial score (nSPS) is 10.9. The Morgan fingerprint density at radius 1 is 0.810 bits per heavy atom. The Bertz CT molecular complexity index is 763. The second kappa shape index (κ2) is 6.06. The molecule has 0 fully saturated rings. The average Bonchev–Trinajstić information content (AvgIpc) is 2.54. The fourth-order valence-electron chi connectivity index (χ4n) is 2.23. The monoisotopic (exact) mass is 273 g/mol. The highest BCUT2D eigenvalue weighted by molar-refractivity contribution is 5.80. The molecule has 3 rings (SSSR count). The number of rotatable bonds is 3. The number of nitrogens with zero attached hydrogens (tertiary/aromatic N) is 1. The fourth-order valence-corrected chi connectivity index (χ4v) is 2.23. The maximum atomic E-state index is 9.65. The summed E-state index contributed by atoms with van der Waals surface area (Å²) in [7, 11) is 0. The Labute approximate surface area is 124 Å². The first-order valence-electron chi connectivity index (χ1n) is 6.80. The maximum Gasteiger partial charge on any atom is 0.116 e. The number of benzene rings is 2. The van der Waals surface area contributed by atoms with Crippen molar-refractivity contribution in [3.8, 4) is 16.9 Å². The van der Waals surface area contributed by atoms with Gasteiger partial charge >= 0.3 is 0 Å². The predicted molar refractivity (Wildman–Crippen MR) is 86.7 cm³/mol. The molecule has 102 valence electrons. The molecule has 21 heavy (non-hydrogen) atoms. The zero-order chi connectivity index (χ0) is 14.5. The molecule has 0 bridgehead atoms. The van der Waals surface area contributed by atoms with Crippen LogP contribution in [-0.4, -0.2) is 10.1 Å². The molecule has 0 radical (unpaired) electrons. The van der Waals surface area contributed by atoms with Crippen molar-refractivity contribution < 1.29 is 5.11 Å². The van der Waals surface area contributed by atoms with Gasteiger partial charge in [0.05, 0.1) is 5.69 Å². The second-order valence-corrected chi connectivity index (χ2v) is 4.73. The topological polar surface area (TPSA) is 33.1 Å². The van der Waals surface area contributed by atoms with Crippen LogP contribution in [0.1, 0.15) is 11.3 Å². The van der Waals surface area contributed by atoms with Crippen molar-refractivity contribution in [1.82, 2.24) is 4.98 Å². The van der Waals surface area contributed by atoms with Crippen LogP contribution in [-0.2, 0) is 0 Å². The van der Waals surface area contributed by atoms with Crippen molar-refractivity contribution in [2.45, 2.75) is 0 Å². The number of aromatic nitrogens is 1. The molecule has 0 aliphatic carbocycles. The van der Waals surface area contributed by atoms with Gasteiger partial charge in [-0.3, -0.25) is 4.98 Å². The summed E-state index contributed by atoms with van der Waals surface area (Å²) in [5.74, 6) is 0.274. The van der Waals surface area contributed by atoms with Crippen molar-refractivity contribution in [1.29, 1.82) is 0 Å². The first-order valence-corrected chi connectivity index (χ1v) is 6.80. The first-order chi connectivity index (χ1) is 10.3. The van der Waals surface area contributed by atoms with Gasteiger partial charge < -0.3 is 5.11 Å². The van der Waals surface area contributed by atoms with Crippen molar-refractivity contribution in [2.24, 2.45) is 0 Å². The largest absolute Gasteiger partial charge is 0.508 e. The van der Waals surface area contributed by atoms with Gasteiger partial charge in [-0.15, -0.1) is 0 Å². The molecule has 0 unspecified atom stereocenters. The summed E-state index contributed by atoms with van der Waals surface area (Å²) < 4.78 is 0. The number of hydrogen-bond donors (Lipinski definition) is 1. The number of pyridine rings is 1. The molecule has 3 aromatic rings. The molecular formula is C19H15NO. The molecule has 0 atom stereocenters. The summed E-state index contributed by atoms with van der Waals surface area (Å²) in [4.78, 5) is 4.28. The Morgan fingerprint density at radius 3 is 2.48 bits per heavy atom. The molecule has 1 aromatic heterocycles. The fraction of sp³-hybridized carbons (Fsp3) is 0. The highest BCUT2D eigenvalue weighted by Gasteiger charge is 2.02. The van der Waals surface area contributed by atoms with Crippen LogP contribution in [0.4, 0.5) is 0 Å². The quantitative estimate of drug-likeness (QED) is 0.755. The van der Waals surface area contributed by atoms with E-state index in [1.807, 2.05) is 60.7 Å². The summed E-state index contributed by atoms with van der Waals surface area (Å²) in [6, 6.07) is 21.2. The molecule has 0 saturated heterocycles. The molecule has 0 saturated carbocycles. The SMILES string of the molecule is Oc1cccc(-c2ccccc2C=Cc2ccccn2)c1. The summed E-state index contributed by atoms with van der Waals surface area (Å²) in [5, 5.41) is 9.65. The van der Waals surface area contributed by atoms with Crippen molar-refractivity contribution in [3.05, 3.63) is 84.2 Å². The van der Waals surface area contributed by atoms with Crippen LogP contribution < -0.4 is 0 Å². The third-order valence-electron chi connectivity index (χ3n) is 3.24. The second-order valence-electron chi connectivity index (χ2n) is 4.73. The van der Waals surface area contributed by atoms with Gasteiger partial charge in [-0.25, -0.2) is 0 Å². The minimum atomic E-state index is 0.274. The van der Waals surface area contributed by atoms with Crippen LogP contribution in [0.5, 0.6) is 5.75 Å². The van der Waals surface area contributed by atoms with Crippen LogP contribution in [0.3, 0.4) is 0 Å². The molecule has 0 amide bonds. The first kappa shape index (κ1) is 13.1. The van der Waals surface area contributed by atoms with E-state index < -0.39 is 0 Å². The Hall–Kier alpha value is -2.87. The van der Waals surface area contributed by atoms with Crippen LogP contribution in [0.15, 0.2) is 72.9 Å². The van der Waals surface area contributed by atoms with Gasteiger partial charge in [-0.2, -0.15) is 0 Å². The predicted octanol–water partition coefficient (Wildman–Crippen LogP) is 4.62. The minimum Gasteiger partial charge on any atom is -0.508 e. The third kappa shape index (κ3) is 3.18. The smallest absolute Gasteiger partial charge is 0.116 e. The van der Waals surface area contributed by atoms with Crippen LogP contribution in [0, 0.1) is 0 Å². The van der Waals surface area contributed by atoms with E-state index in [1.165, 1.54) is 0 Å². The summed E-state index contributed by atoms with van der Waals surface area (Å²) in [6.45, 7) is 0. The van der Waals surface area contributed by atoms with Crippen LogP contribution >= 0.6 is 0 Å². The van der Waals surface area contributed by atoms with E-state index in [9.17, 15) is 5.11 Å². The van der Waals surface area contributed by atoms with Gasteiger partial charge in [-0.1, -0.05) is 48.5 Å². The number of aromatic hydroxyl groups is 1. The van der Waals surface area contributed by atoms with E-state index in [0.717, 1.165) is 22.4 Å². The van der Waals surface area contributed by atoms with E-state index >= 15 is 0 Å². The number of phenols is 1. The van der Waals surface area contributed by atoms with Gasteiger partial charge in [0.25, 0.3) is 0 Å². The Morgan fingerprint density at radius 2 is 1.67 bits per heavy atom. The highest BCUT2D eigenvalue weighted by atomic mass is 16.3. The lowest BCUT2D eigenvalue weighted by Crippen LogP contribution is -1.83. The van der Waals surface area contributed by atoms with Gasteiger partial charge in [0, 0.05) is 6.20 Å². The van der Waals surface area contributed by atoms with Crippen molar-refractivity contribution >= 4 is 12.2 Å². The Kier molecular flexibility index (Phi) is 3.79. The number of hydrogen-bond acceptors (Lipinski definition) is 2. The molecule has 2 heteroatoms. The minimum absolute atomic E-state index is 0.274. The molecule has 1 heterocycles. The van der Waals surface area contributed by atoms with Gasteiger partial charge in [0.2, 0.25) is 0 Å². The standard InChI is InChI=1S/C19H15NO/c21-18-9-5-7-16(14-18)19-10-2-1-6-15(19)11-12-17-8-3-4-13-20-17/h1-14,21H. The maximum absolute atomic E-state index is 9.65. The van der Waals surface area contributed by atoms with E-state index in [4.69, 9.17) is 0 Å². The summed E-state index contributed by atoms with van der Waals surface area (Å²) >= 11 is 0. The zero-order valence-corrected chi connectivity index (χ0v) is 11.5. The molecular weight excluding hydrogens is 258 g/mol. The number of phenolic OH excluding ortho intramolecular Hbond substituents is 1. The highest BCUT2D eigenvalue weighted by Crippen LogP contribution is 2.27. The van der Waals surface area contributed by atoms with Crippen molar-refractivity contribution in [3.63, 3.8) is 0 Å². The molecule has 0 aliphatic heterocycles. The molecule has 2 nitrogen and oxygen atoms in total. The van der Waals surface area contributed by atoms with Gasteiger partial charge in [0.15, 0.2) is 0 Å². The lowest BCUT2D eigenvalue weighted by molar-refractivity contribution is 0.475. The summed E-state index contributed by atoms with van der Waals surface area (Å²) in [6.07, 6.45) is 5.81. The average molecular weight is 273 g/mol. The van der Waals surface area contributed by atoms with Crippen molar-refractivity contribution in [2.75, 3.05) is 0 Å². The zero-order valence-electron chi connectivity index (χ0n) is 11.5. The van der Waals surface area contributed by atoms with E-state index in [-0.39, 0.29) is 5.75 Å². The molecule has 0 aliphatic rings. The molecule has 0 spiro atoms. The van der Waals surface area contributed by atoms with Crippen LogP contribution in [0.25, 0.3) is 23.3 Å². The van der Waals surface area contributed by atoms with Crippen LogP contribution in [0.2, 0.25) is 0 Å². The van der Waals surface area contributed by atoms with E-state index in [2.05, 4.69) is 11.1 Å².